The molecular formula is C4H8Cl2N4O. The van der Waals surface area contributed by atoms with Crippen LogP contribution in [0.25, 0.3) is 0 Å². The number of rotatable bonds is 1. The number of nitrogens with two attached hydrogens (primary N) is 1. The van der Waals surface area contributed by atoms with Gasteiger partial charge in [0.2, 0.25) is 0 Å². The SMILES string of the molecule is Cl.Cl.NCc1nnc[nH]c1=O. The molecule has 1 aromatic rings. The first kappa shape index (κ1) is 13.0. The van der Waals surface area contributed by atoms with Gasteiger partial charge in [0.25, 0.3) is 5.56 Å². The van der Waals surface area contributed by atoms with Gasteiger partial charge >= 0.3 is 0 Å². The Morgan fingerprint density at radius 3 is 2.55 bits per heavy atom. The summed E-state index contributed by atoms with van der Waals surface area (Å²) in [6.07, 6.45) is 1.22. The van der Waals surface area contributed by atoms with Crippen molar-refractivity contribution in [1.82, 2.24) is 15.2 Å². The van der Waals surface area contributed by atoms with E-state index in [1.807, 2.05) is 0 Å². The minimum Gasteiger partial charge on any atom is -0.325 e. The Balaban J connectivity index is 0. The molecule has 0 bridgehead atoms. The maximum Gasteiger partial charge on any atom is 0.274 e. The Bertz CT molecular complexity index is 250. The van der Waals surface area contributed by atoms with Crippen LogP contribution in [0.5, 0.6) is 0 Å². The summed E-state index contributed by atoms with van der Waals surface area (Å²) in [7, 11) is 0. The van der Waals surface area contributed by atoms with E-state index in [0.29, 0.717) is 0 Å². The molecular weight excluding hydrogens is 191 g/mol. The average molecular weight is 199 g/mol. The maximum atomic E-state index is 10.6. The highest BCUT2D eigenvalue weighted by Gasteiger charge is 1.93. The normalized spacial score (nSPS) is 7.73. The van der Waals surface area contributed by atoms with Crippen LogP contribution < -0.4 is 11.3 Å². The van der Waals surface area contributed by atoms with E-state index in [1.54, 1.807) is 0 Å². The number of hydrogen-bond donors (Lipinski definition) is 2. The van der Waals surface area contributed by atoms with Gasteiger partial charge in [-0.05, 0) is 0 Å². The summed E-state index contributed by atoms with van der Waals surface area (Å²) in [5.41, 5.74) is 5.12. The molecule has 0 aliphatic heterocycles. The van der Waals surface area contributed by atoms with Crippen molar-refractivity contribution in [3.05, 3.63) is 22.4 Å². The largest absolute Gasteiger partial charge is 0.325 e. The molecule has 0 fully saturated rings. The summed E-state index contributed by atoms with van der Waals surface area (Å²) in [6.45, 7) is 0.128. The van der Waals surface area contributed by atoms with Crippen molar-refractivity contribution in [2.45, 2.75) is 6.54 Å². The number of aromatic nitrogens is 3. The molecule has 7 heteroatoms. The van der Waals surface area contributed by atoms with Gasteiger partial charge in [-0.1, -0.05) is 0 Å². The van der Waals surface area contributed by atoms with Crippen LogP contribution in [0, 0.1) is 0 Å². The molecule has 64 valence electrons. The molecule has 0 aliphatic rings. The van der Waals surface area contributed by atoms with Gasteiger partial charge in [-0.2, -0.15) is 0 Å². The number of hydrogen-bond acceptors (Lipinski definition) is 4. The van der Waals surface area contributed by atoms with Crippen LogP contribution in [0.4, 0.5) is 0 Å². The van der Waals surface area contributed by atoms with Crippen molar-refractivity contribution in [2.24, 2.45) is 5.73 Å². The molecule has 0 aromatic carbocycles. The van der Waals surface area contributed by atoms with Gasteiger partial charge in [0.05, 0.1) is 0 Å². The summed E-state index contributed by atoms with van der Waals surface area (Å²) in [6, 6.07) is 0. The van der Waals surface area contributed by atoms with Crippen LogP contribution in [0.3, 0.4) is 0 Å². The molecule has 1 rings (SSSR count). The van der Waals surface area contributed by atoms with E-state index < -0.39 is 0 Å². The van der Waals surface area contributed by atoms with Gasteiger partial charge < -0.3 is 10.7 Å². The number of nitrogens with zero attached hydrogens (tertiary/aromatic N) is 2. The zero-order valence-electron chi connectivity index (χ0n) is 5.48. The highest BCUT2D eigenvalue weighted by Crippen LogP contribution is 1.72. The number of aromatic amines is 1. The summed E-state index contributed by atoms with van der Waals surface area (Å²) < 4.78 is 0. The smallest absolute Gasteiger partial charge is 0.274 e. The highest BCUT2D eigenvalue weighted by molar-refractivity contribution is 5.85. The highest BCUT2D eigenvalue weighted by atomic mass is 35.5. The Hall–Kier alpha value is -0.650. The second-order valence-electron chi connectivity index (χ2n) is 1.47. The van der Waals surface area contributed by atoms with Crippen molar-refractivity contribution in [1.29, 1.82) is 0 Å². The second kappa shape index (κ2) is 6.09. The molecule has 3 N–H and O–H groups in total. The fourth-order valence-electron chi connectivity index (χ4n) is 0.448. The monoisotopic (exact) mass is 198 g/mol. The number of halogens is 2. The maximum absolute atomic E-state index is 10.6. The zero-order chi connectivity index (χ0) is 6.69. The van der Waals surface area contributed by atoms with Crippen LogP contribution in [0.15, 0.2) is 11.1 Å². The summed E-state index contributed by atoms with van der Waals surface area (Å²) >= 11 is 0. The molecule has 0 unspecified atom stereocenters. The van der Waals surface area contributed by atoms with Crippen LogP contribution in [0.1, 0.15) is 5.69 Å². The van der Waals surface area contributed by atoms with E-state index in [-0.39, 0.29) is 42.6 Å². The van der Waals surface area contributed by atoms with Gasteiger partial charge in [0.15, 0.2) is 0 Å². The van der Waals surface area contributed by atoms with Crippen molar-refractivity contribution < 1.29 is 0 Å². The Labute approximate surface area is 75.2 Å². The Morgan fingerprint density at radius 2 is 2.18 bits per heavy atom. The van der Waals surface area contributed by atoms with Gasteiger partial charge in [0, 0.05) is 6.54 Å². The fraction of sp³-hybridized carbons (Fsp3) is 0.250. The van der Waals surface area contributed by atoms with Crippen molar-refractivity contribution in [2.75, 3.05) is 0 Å². The molecule has 1 aromatic heterocycles. The molecule has 0 atom stereocenters. The van der Waals surface area contributed by atoms with E-state index in [9.17, 15) is 4.79 Å². The minimum absolute atomic E-state index is 0. The summed E-state index contributed by atoms with van der Waals surface area (Å²) in [5.74, 6) is 0. The molecule has 1 heterocycles. The van der Waals surface area contributed by atoms with Crippen LogP contribution in [-0.4, -0.2) is 15.2 Å². The zero-order valence-corrected chi connectivity index (χ0v) is 7.11. The lowest BCUT2D eigenvalue weighted by Crippen LogP contribution is -2.18. The Kier molecular flexibility index (Phi) is 7.18. The molecule has 0 radical (unpaired) electrons. The summed E-state index contributed by atoms with van der Waals surface area (Å²) in [5, 5.41) is 6.91. The van der Waals surface area contributed by atoms with E-state index in [1.165, 1.54) is 6.33 Å². The van der Waals surface area contributed by atoms with Crippen LogP contribution in [-0.2, 0) is 6.54 Å². The predicted molar refractivity (Wildman–Crippen MR) is 45.0 cm³/mol. The standard InChI is InChI=1S/C4H6N4O.2ClH/c5-1-3-4(9)6-2-7-8-3;;/h2H,1,5H2,(H,6,7,9);2*1H. The van der Waals surface area contributed by atoms with Crippen molar-refractivity contribution in [3.63, 3.8) is 0 Å². The van der Waals surface area contributed by atoms with Crippen molar-refractivity contribution in [3.8, 4) is 0 Å². The van der Waals surface area contributed by atoms with Crippen LogP contribution in [0.2, 0.25) is 0 Å². The third-order valence-electron chi connectivity index (χ3n) is 0.887. The number of nitrogens with one attached hydrogen (secondary N) is 1. The van der Waals surface area contributed by atoms with Gasteiger partial charge in [-0.3, -0.25) is 4.79 Å². The lowest BCUT2D eigenvalue weighted by atomic mass is 10.5. The lowest BCUT2D eigenvalue weighted by molar-refractivity contribution is 0.837. The van der Waals surface area contributed by atoms with Crippen LogP contribution >= 0.6 is 24.8 Å². The van der Waals surface area contributed by atoms with Gasteiger partial charge in [0.1, 0.15) is 12.0 Å². The topological polar surface area (TPSA) is 84.7 Å². The first-order chi connectivity index (χ1) is 4.34. The van der Waals surface area contributed by atoms with E-state index in [4.69, 9.17) is 5.73 Å². The van der Waals surface area contributed by atoms with E-state index in [2.05, 4.69) is 15.2 Å². The molecule has 0 aliphatic carbocycles. The second-order valence-corrected chi connectivity index (χ2v) is 1.47. The van der Waals surface area contributed by atoms with Crippen molar-refractivity contribution >= 4 is 24.8 Å². The first-order valence-corrected chi connectivity index (χ1v) is 2.44. The molecule has 0 saturated carbocycles. The quantitative estimate of drug-likeness (QED) is 0.636. The molecule has 0 amide bonds. The summed E-state index contributed by atoms with van der Waals surface area (Å²) in [4.78, 5) is 13.0. The molecule has 5 nitrogen and oxygen atoms in total. The first-order valence-electron chi connectivity index (χ1n) is 2.44. The fourth-order valence-corrected chi connectivity index (χ4v) is 0.448. The third-order valence-corrected chi connectivity index (χ3v) is 0.887. The van der Waals surface area contributed by atoms with Gasteiger partial charge in [-0.25, -0.2) is 0 Å². The Morgan fingerprint density at radius 1 is 1.55 bits per heavy atom. The minimum atomic E-state index is -0.271. The lowest BCUT2D eigenvalue weighted by Gasteiger charge is -1.87. The predicted octanol–water partition coefficient (Wildman–Crippen LogP) is -0.533. The molecule has 0 spiro atoms. The van der Waals surface area contributed by atoms with E-state index in [0.717, 1.165) is 0 Å². The molecule has 11 heavy (non-hydrogen) atoms. The third kappa shape index (κ3) is 3.31. The number of H-pyrrole nitrogens is 1. The molecule has 0 saturated heterocycles. The van der Waals surface area contributed by atoms with E-state index >= 15 is 0 Å². The van der Waals surface area contributed by atoms with Gasteiger partial charge in [-0.15, -0.1) is 35.0 Å². The average Bonchev–Trinajstić information content (AvgIpc) is 1.89.